The number of aliphatic hydroxyl groups excluding tert-OH is 2. The van der Waals surface area contributed by atoms with Gasteiger partial charge in [-0.05, 0) is 0 Å². The van der Waals surface area contributed by atoms with Crippen LogP contribution in [-0.2, 0) is 9.47 Å². The lowest BCUT2D eigenvalue weighted by atomic mass is 9.97. The Morgan fingerprint density at radius 2 is 2.00 bits per heavy atom. The van der Waals surface area contributed by atoms with E-state index in [1.165, 1.54) is 7.11 Å². The predicted molar refractivity (Wildman–Crippen MR) is 44.7 cm³/mol. The lowest BCUT2D eigenvalue weighted by Crippen LogP contribution is -2.63. The van der Waals surface area contributed by atoms with Crippen molar-refractivity contribution in [2.45, 2.75) is 30.6 Å². The van der Waals surface area contributed by atoms with Crippen molar-refractivity contribution in [3.63, 3.8) is 0 Å². The molecule has 0 unspecified atom stereocenters. The van der Waals surface area contributed by atoms with Crippen LogP contribution in [0, 0.1) is 0 Å². The molecule has 0 radical (unpaired) electrons. The molecule has 5 atom stereocenters. The second kappa shape index (κ2) is 4.32. The lowest BCUT2D eigenvalue weighted by molar-refractivity contribution is -0.259. The van der Waals surface area contributed by atoms with Crippen LogP contribution in [0.5, 0.6) is 0 Å². The molecule has 0 spiro atoms. The third-order valence-electron chi connectivity index (χ3n) is 2.22. The molecule has 6 heteroatoms. The number of hydrogen-bond acceptors (Lipinski definition) is 6. The molecule has 0 amide bonds. The van der Waals surface area contributed by atoms with Crippen LogP contribution in [0.4, 0.5) is 0 Å². The van der Waals surface area contributed by atoms with Gasteiger partial charge in [-0.1, -0.05) is 0 Å². The van der Waals surface area contributed by atoms with Gasteiger partial charge in [0.25, 0.3) is 0 Å². The molecule has 1 fully saturated rings. The van der Waals surface area contributed by atoms with Crippen molar-refractivity contribution >= 4 is 0 Å². The van der Waals surface area contributed by atoms with Crippen molar-refractivity contribution in [3.05, 3.63) is 0 Å². The first kappa shape index (κ1) is 10.8. The molecule has 1 aliphatic rings. The molecule has 0 saturated carbocycles. The Labute approximate surface area is 76.4 Å². The van der Waals surface area contributed by atoms with Crippen molar-refractivity contribution in [1.29, 1.82) is 0 Å². The average Bonchev–Trinajstić information content (AvgIpc) is 2.15. The minimum Gasteiger partial charge on any atom is -0.389 e. The molecule has 78 valence electrons. The molecule has 1 rings (SSSR count). The van der Waals surface area contributed by atoms with Gasteiger partial charge in [-0.15, -0.1) is 0 Å². The lowest BCUT2D eigenvalue weighted by Gasteiger charge is -2.40. The Bertz CT molecular complexity index is 149. The van der Waals surface area contributed by atoms with Crippen LogP contribution >= 0.6 is 0 Å². The van der Waals surface area contributed by atoms with Gasteiger partial charge in [0.2, 0.25) is 0 Å². The number of hydrogen-bond donors (Lipinski definition) is 4. The highest BCUT2D eigenvalue weighted by atomic mass is 16.7. The summed E-state index contributed by atoms with van der Waals surface area (Å²) in [5.74, 6) is 0. The summed E-state index contributed by atoms with van der Waals surface area (Å²) in [7, 11) is 1.39. The minimum atomic E-state index is -1.03. The van der Waals surface area contributed by atoms with Gasteiger partial charge in [0.1, 0.15) is 12.2 Å². The first-order valence-corrected chi connectivity index (χ1v) is 4.11. The SMILES string of the molecule is CO[C@H]1O[C@H](CN)[C@@H](O)[C@H](N)[C@@H]1O. The van der Waals surface area contributed by atoms with E-state index in [9.17, 15) is 10.2 Å². The molecule has 6 N–H and O–H groups in total. The van der Waals surface area contributed by atoms with E-state index in [1.807, 2.05) is 0 Å². The van der Waals surface area contributed by atoms with Crippen molar-refractivity contribution in [2.24, 2.45) is 11.5 Å². The van der Waals surface area contributed by atoms with Crippen LogP contribution in [0.1, 0.15) is 0 Å². The number of aliphatic hydroxyl groups is 2. The van der Waals surface area contributed by atoms with Gasteiger partial charge < -0.3 is 31.2 Å². The second-order valence-electron chi connectivity index (χ2n) is 3.07. The minimum absolute atomic E-state index is 0.140. The Morgan fingerprint density at radius 3 is 2.46 bits per heavy atom. The zero-order valence-corrected chi connectivity index (χ0v) is 7.46. The quantitative estimate of drug-likeness (QED) is 0.381. The Balaban J connectivity index is 2.66. The highest BCUT2D eigenvalue weighted by Gasteiger charge is 2.41. The van der Waals surface area contributed by atoms with E-state index in [2.05, 4.69) is 0 Å². The molecule has 6 nitrogen and oxygen atoms in total. The largest absolute Gasteiger partial charge is 0.389 e. The van der Waals surface area contributed by atoms with Gasteiger partial charge >= 0.3 is 0 Å². The highest BCUT2D eigenvalue weighted by Crippen LogP contribution is 2.19. The number of nitrogens with two attached hydrogens (primary N) is 2. The van der Waals surface area contributed by atoms with E-state index in [0.717, 1.165) is 0 Å². The van der Waals surface area contributed by atoms with Crippen LogP contribution in [0.3, 0.4) is 0 Å². The fraction of sp³-hybridized carbons (Fsp3) is 1.00. The summed E-state index contributed by atoms with van der Waals surface area (Å²) in [6, 6.07) is -0.785. The van der Waals surface area contributed by atoms with Crippen molar-refractivity contribution < 1.29 is 19.7 Å². The van der Waals surface area contributed by atoms with Gasteiger partial charge in [-0.3, -0.25) is 0 Å². The standard InChI is InChI=1S/C7H16N2O4/c1-12-7-6(11)4(9)5(10)3(2-8)13-7/h3-7,10-11H,2,8-9H2,1H3/t3-,4+,5-,6+,7+/m1/s1. The van der Waals surface area contributed by atoms with Crippen LogP contribution in [-0.4, -0.2) is 54.5 Å². The first-order valence-electron chi connectivity index (χ1n) is 4.11. The fourth-order valence-corrected chi connectivity index (χ4v) is 1.35. The molecule has 0 aromatic heterocycles. The smallest absolute Gasteiger partial charge is 0.185 e. The highest BCUT2D eigenvalue weighted by molar-refractivity contribution is 4.92. The average molecular weight is 192 g/mol. The third kappa shape index (κ3) is 1.98. The molecular weight excluding hydrogens is 176 g/mol. The molecule has 1 heterocycles. The molecule has 0 aromatic carbocycles. The first-order chi connectivity index (χ1) is 6.11. The van der Waals surface area contributed by atoms with E-state index >= 15 is 0 Å². The number of methoxy groups -OCH3 is 1. The maximum absolute atomic E-state index is 9.48. The molecule has 13 heavy (non-hydrogen) atoms. The molecule has 0 bridgehead atoms. The van der Waals surface area contributed by atoms with Gasteiger partial charge in [-0.2, -0.15) is 0 Å². The van der Waals surface area contributed by atoms with E-state index in [4.69, 9.17) is 20.9 Å². The van der Waals surface area contributed by atoms with Gasteiger partial charge in [0.15, 0.2) is 6.29 Å². The van der Waals surface area contributed by atoms with Gasteiger partial charge in [0, 0.05) is 13.7 Å². The molecule has 0 aliphatic carbocycles. The summed E-state index contributed by atoms with van der Waals surface area (Å²) in [5.41, 5.74) is 10.9. The normalized spacial score (nSPS) is 46.4. The molecule has 0 aromatic rings. The summed E-state index contributed by atoms with van der Waals surface area (Å²) >= 11 is 0. The summed E-state index contributed by atoms with van der Waals surface area (Å²) in [6.07, 6.45) is -3.37. The Kier molecular flexibility index (Phi) is 3.60. The zero-order valence-electron chi connectivity index (χ0n) is 7.46. The Morgan fingerprint density at radius 1 is 1.38 bits per heavy atom. The summed E-state index contributed by atoms with van der Waals surface area (Å²) < 4.78 is 9.99. The summed E-state index contributed by atoms with van der Waals surface area (Å²) in [5, 5.41) is 18.9. The fourth-order valence-electron chi connectivity index (χ4n) is 1.35. The molecule has 1 aliphatic heterocycles. The molecular formula is C7H16N2O4. The van der Waals surface area contributed by atoms with Crippen molar-refractivity contribution in [3.8, 4) is 0 Å². The van der Waals surface area contributed by atoms with Crippen LogP contribution in [0.2, 0.25) is 0 Å². The second-order valence-corrected chi connectivity index (χ2v) is 3.07. The van der Waals surface area contributed by atoms with Crippen LogP contribution < -0.4 is 11.5 Å². The Hall–Kier alpha value is -0.240. The van der Waals surface area contributed by atoms with E-state index < -0.39 is 30.6 Å². The van der Waals surface area contributed by atoms with E-state index in [0.29, 0.717) is 0 Å². The van der Waals surface area contributed by atoms with E-state index in [-0.39, 0.29) is 6.54 Å². The van der Waals surface area contributed by atoms with Crippen LogP contribution in [0.15, 0.2) is 0 Å². The van der Waals surface area contributed by atoms with E-state index in [1.54, 1.807) is 0 Å². The van der Waals surface area contributed by atoms with Gasteiger partial charge in [-0.25, -0.2) is 0 Å². The monoisotopic (exact) mass is 192 g/mol. The van der Waals surface area contributed by atoms with Crippen LogP contribution in [0.25, 0.3) is 0 Å². The zero-order chi connectivity index (χ0) is 10.0. The summed E-state index contributed by atoms with van der Waals surface area (Å²) in [6.45, 7) is 0.140. The van der Waals surface area contributed by atoms with Crippen molar-refractivity contribution in [2.75, 3.05) is 13.7 Å². The predicted octanol–water partition coefficient (Wildman–Crippen LogP) is -2.63. The topological polar surface area (TPSA) is 111 Å². The van der Waals surface area contributed by atoms with Gasteiger partial charge in [0.05, 0.1) is 12.1 Å². The maximum atomic E-state index is 9.48. The maximum Gasteiger partial charge on any atom is 0.185 e. The molecule has 1 saturated heterocycles. The number of ether oxygens (including phenoxy) is 2. The van der Waals surface area contributed by atoms with Crippen molar-refractivity contribution in [1.82, 2.24) is 0 Å². The third-order valence-corrected chi connectivity index (χ3v) is 2.22. The summed E-state index contributed by atoms with van der Waals surface area (Å²) in [4.78, 5) is 0. The number of rotatable bonds is 2.